The van der Waals surface area contributed by atoms with Gasteiger partial charge in [0.1, 0.15) is 11.2 Å². The molecule has 0 saturated carbocycles. The zero-order chi connectivity index (χ0) is 27.2. The summed E-state index contributed by atoms with van der Waals surface area (Å²) in [6.07, 6.45) is -0.883. The maximum Gasteiger partial charge on any atom is 0.410 e. The molecule has 0 aromatic heterocycles. The van der Waals surface area contributed by atoms with Gasteiger partial charge in [-0.05, 0) is 66.5 Å². The van der Waals surface area contributed by atoms with Crippen LogP contribution in [0.3, 0.4) is 0 Å². The van der Waals surface area contributed by atoms with Crippen molar-refractivity contribution in [1.82, 2.24) is 9.80 Å². The summed E-state index contributed by atoms with van der Waals surface area (Å²) in [5.74, 6) is 0.637. The van der Waals surface area contributed by atoms with E-state index in [-0.39, 0.29) is 28.8 Å². The molecule has 0 unspecified atom stereocenters. The molecule has 0 radical (unpaired) electrons. The summed E-state index contributed by atoms with van der Waals surface area (Å²) < 4.78 is 31.7. The van der Waals surface area contributed by atoms with Crippen molar-refractivity contribution in [3.8, 4) is 0 Å². The van der Waals surface area contributed by atoms with Crippen molar-refractivity contribution in [2.24, 2.45) is 5.92 Å². The summed E-state index contributed by atoms with van der Waals surface area (Å²) in [6.45, 7) is 17.6. The first-order chi connectivity index (χ1) is 15.8. The van der Waals surface area contributed by atoms with E-state index in [4.69, 9.17) is 25.3 Å². The summed E-state index contributed by atoms with van der Waals surface area (Å²) in [7, 11) is 1.54. The summed E-state index contributed by atoms with van der Waals surface area (Å²) in [6, 6.07) is 6.37. The number of rotatable bonds is 1. The Bertz CT molecular complexity index is 900. The molecule has 2 fully saturated rings. The van der Waals surface area contributed by atoms with Gasteiger partial charge in [-0.3, -0.25) is 0 Å². The smallest absolute Gasteiger partial charge is 0.410 e. The van der Waals surface area contributed by atoms with Gasteiger partial charge in [-0.25, -0.2) is 18.0 Å². The molecule has 35 heavy (non-hydrogen) atoms. The van der Waals surface area contributed by atoms with E-state index in [0.717, 1.165) is 18.7 Å². The van der Waals surface area contributed by atoms with Crippen LogP contribution in [0.4, 0.5) is 9.59 Å². The maximum absolute atomic E-state index is 11.3. The Morgan fingerprint density at radius 1 is 0.886 bits per heavy atom. The van der Waals surface area contributed by atoms with Crippen molar-refractivity contribution in [3.05, 3.63) is 29.8 Å². The van der Waals surface area contributed by atoms with Crippen molar-refractivity contribution in [1.29, 1.82) is 0 Å². The second-order valence-corrected chi connectivity index (χ2v) is 13.3. The lowest BCUT2D eigenvalue weighted by Gasteiger charge is -2.37. The number of amides is 2. The number of benzene rings is 1. The van der Waals surface area contributed by atoms with Gasteiger partial charge >= 0.3 is 12.2 Å². The number of carbonyl (C=O) groups is 2. The molecular weight excluding hydrogens is 496 g/mol. The number of hydrogen-bond donors (Lipinski definition) is 1. The first-order valence-electron chi connectivity index (χ1n) is 11.4. The largest absolute Gasteiger partial charge is 0.444 e. The molecule has 9 nitrogen and oxygen atoms in total. The number of likely N-dealkylation sites (tertiary alicyclic amines) is 2. The molecule has 200 valence electrons. The van der Waals surface area contributed by atoms with Gasteiger partial charge in [-0.2, -0.15) is 0 Å². The lowest BCUT2D eigenvalue weighted by Crippen LogP contribution is -2.54. The molecule has 0 aliphatic carbocycles. The van der Waals surface area contributed by atoms with Gasteiger partial charge in [0, 0.05) is 23.8 Å². The zero-order valence-electron chi connectivity index (χ0n) is 21.9. The molecular formula is C24H39ClN2O7S. The van der Waals surface area contributed by atoms with Crippen LogP contribution in [0.2, 0.25) is 0 Å². The van der Waals surface area contributed by atoms with E-state index in [1.165, 1.54) is 17.0 Å². The van der Waals surface area contributed by atoms with Crippen molar-refractivity contribution in [2.45, 2.75) is 77.6 Å². The molecule has 2 saturated heterocycles. The summed E-state index contributed by atoms with van der Waals surface area (Å²) in [4.78, 5) is 25.8. The van der Waals surface area contributed by atoms with Crippen LogP contribution in [-0.4, -0.2) is 79.0 Å². The predicted octanol–water partition coefficient (Wildman–Crippen LogP) is 4.39. The highest BCUT2D eigenvalue weighted by Crippen LogP contribution is 2.18. The van der Waals surface area contributed by atoms with Gasteiger partial charge in [-0.15, -0.1) is 0 Å². The molecule has 1 N–H and O–H groups in total. The van der Waals surface area contributed by atoms with Crippen LogP contribution < -0.4 is 0 Å². The van der Waals surface area contributed by atoms with Gasteiger partial charge in [0.05, 0.1) is 24.1 Å². The fraction of sp³-hybridized carbons (Fsp3) is 0.667. The molecule has 1 aromatic rings. The number of ether oxygens (including phenoxy) is 2. The average Bonchev–Trinajstić information content (AvgIpc) is 2.60. The highest BCUT2D eigenvalue weighted by molar-refractivity contribution is 8.13. The summed E-state index contributed by atoms with van der Waals surface area (Å²) in [5.41, 5.74) is 0.196. The standard InChI is InChI=1S/C9H17NO2.C8H15NO3.C7H7ClO2S/c1-7-5-10(6-7)8(11)12-9(2,3)4;1-8(2,3)12-7(11)9-4-6(10)5-9;1-6-2-4-7(5-3-6)11(8,9)10/h7H,5-6H2,1-4H3;6,10H,4-5H2,1-3H3;2-5H,1H3. The number of carbonyl (C=O) groups excluding carboxylic acids is 2. The number of β-amino-alcohol motifs (C(OH)–C–C–N with tert-alkyl or cyclic N) is 1. The van der Waals surface area contributed by atoms with E-state index in [9.17, 15) is 18.0 Å². The number of nitrogens with zero attached hydrogens (tertiary/aromatic N) is 2. The molecule has 1 aromatic carbocycles. The van der Waals surface area contributed by atoms with Gasteiger partial charge in [-0.1, -0.05) is 24.6 Å². The maximum atomic E-state index is 11.3. The minimum atomic E-state index is -3.55. The van der Waals surface area contributed by atoms with Crippen LogP contribution >= 0.6 is 10.7 Å². The Balaban J connectivity index is 0.000000263. The molecule has 2 aliphatic rings. The minimum Gasteiger partial charge on any atom is -0.444 e. The zero-order valence-corrected chi connectivity index (χ0v) is 23.4. The second kappa shape index (κ2) is 12.3. The lowest BCUT2D eigenvalue weighted by atomic mass is 10.0. The Labute approximate surface area is 213 Å². The Kier molecular flexibility index (Phi) is 10.9. The number of hydrogen-bond acceptors (Lipinski definition) is 7. The number of aliphatic hydroxyl groups excluding tert-OH is 1. The molecule has 3 rings (SSSR count). The lowest BCUT2D eigenvalue weighted by molar-refractivity contribution is -0.0303. The third kappa shape index (κ3) is 12.5. The first-order valence-corrected chi connectivity index (χ1v) is 13.7. The number of aliphatic hydroxyl groups is 1. The Morgan fingerprint density at radius 2 is 1.26 bits per heavy atom. The quantitative estimate of drug-likeness (QED) is 0.531. The fourth-order valence-electron chi connectivity index (χ4n) is 2.81. The Morgan fingerprint density at radius 3 is 1.54 bits per heavy atom. The molecule has 2 heterocycles. The van der Waals surface area contributed by atoms with Crippen molar-refractivity contribution in [3.63, 3.8) is 0 Å². The number of halogens is 1. The predicted molar refractivity (Wildman–Crippen MR) is 135 cm³/mol. The third-order valence-electron chi connectivity index (χ3n) is 4.53. The van der Waals surface area contributed by atoms with Crippen LogP contribution in [0.5, 0.6) is 0 Å². The van der Waals surface area contributed by atoms with Crippen LogP contribution in [0.1, 0.15) is 54.0 Å². The fourth-order valence-corrected chi connectivity index (χ4v) is 3.58. The van der Waals surface area contributed by atoms with E-state index in [1.54, 1.807) is 17.0 Å². The molecule has 0 bridgehead atoms. The third-order valence-corrected chi connectivity index (χ3v) is 5.90. The van der Waals surface area contributed by atoms with E-state index in [2.05, 4.69) is 6.92 Å². The first kappa shape index (κ1) is 31.0. The molecule has 0 atom stereocenters. The van der Waals surface area contributed by atoms with Crippen LogP contribution in [-0.2, 0) is 18.5 Å². The molecule has 0 spiro atoms. The molecule has 2 amide bonds. The van der Waals surface area contributed by atoms with Crippen molar-refractivity contribution >= 4 is 31.9 Å². The van der Waals surface area contributed by atoms with Crippen LogP contribution in [0.25, 0.3) is 0 Å². The number of aryl methyl sites for hydroxylation is 1. The minimum absolute atomic E-state index is 0.143. The van der Waals surface area contributed by atoms with E-state index in [0.29, 0.717) is 19.0 Å². The highest BCUT2D eigenvalue weighted by Gasteiger charge is 2.32. The van der Waals surface area contributed by atoms with Crippen molar-refractivity contribution in [2.75, 3.05) is 26.2 Å². The van der Waals surface area contributed by atoms with E-state index in [1.807, 2.05) is 48.5 Å². The topological polar surface area (TPSA) is 113 Å². The van der Waals surface area contributed by atoms with Crippen LogP contribution in [0, 0.1) is 12.8 Å². The monoisotopic (exact) mass is 534 g/mol. The summed E-state index contributed by atoms with van der Waals surface area (Å²) >= 11 is 0. The Hall–Kier alpha value is -2.04. The second-order valence-electron chi connectivity index (χ2n) is 10.8. The molecule has 11 heteroatoms. The van der Waals surface area contributed by atoms with Gasteiger partial charge in [0.2, 0.25) is 0 Å². The summed E-state index contributed by atoms with van der Waals surface area (Å²) in [5, 5.41) is 8.92. The van der Waals surface area contributed by atoms with E-state index >= 15 is 0 Å². The van der Waals surface area contributed by atoms with Crippen molar-refractivity contribution < 1.29 is 32.6 Å². The highest BCUT2D eigenvalue weighted by atomic mass is 35.7. The SMILES string of the molecule is CC(C)(C)OC(=O)N1CC(O)C1.CC1CN(C(=O)OC(C)(C)C)C1.Cc1ccc(S(=O)(=O)Cl)cc1. The van der Waals surface area contributed by atoms with E-state index < -0.39 is 14.7 Å². The normalized spacial score (nSPS) is 16.5. The van der Waals surface area contributed by atoms with Gasteiger partial charge in [0.15, 0.2) is 0 Å². The molecule has 2 aliphatic heterocycles. The van der Waals surface area contributed by atoms with Crippen LogP contribution in [0.15, 0.2) is 29.2 Å². The average molecular weight is 535 g/mol. The van der Waals surface area contributed by atoms with Gasteiger partial charge < -0.3 is 24.4 Å². The van der Waals surface area contributed by atoms with Gasteiger partial charge in [0.25, 0.3) is 9.05 Å².